The highest BCUT2D eigenvalue weighted by Crippen LogP contribution is 2.11. The van der Waals surface area contributed by atoms with Crippen LogP contribution in [-0.2, 0) is 0 Å². The highest BCUT2D eigenvalue weighted by atomic mass is 16.1. The van der Waals surface area contributed by atoms with Crippen LogP contribution in [-0.4, -0.2) is 20.5 Å². The van der Waals surface area contributed by atoms with Crippen molar-refractivity contribution in [3.05, 3.63) is 12.2 Å². The van der Waals surface area contributed by atoms with Crippen molar-refractivity contribution in [2.24, 2.45) is 0 Å². The zero-order valence-electron chi connectivity index (χ0n) is 11.9. The highest BCUT2D eigenvalue weighted by Gasteiger charge is 2.15. The molecule has 1 heterocycles. The zero-order chi connectivity index (χ0) is 13.4. The standard InChI is InChI=1S/C14H25N3O/c1-4-5-6-7-8-9-10-13(18)14-15-11-16-17(14)12(2)3/h11-12H,4-10H2,1-3H3. The van der Waals surface area contributed by atoms with E-state index in [1.165, 1.54) is 32.0 Å². The van der Waals surface area contributed by atoms with Gasteiger partial charge in [0, 0.05) is 12.5 Å². The van der Waals surface area contributed by atoms with Gasteiger partial charge in [-0.05, 0) is 20.3 Å². The second-order valence-corrected chi connectivity index (χ2v) is 5.06. The maximum Gasteiger partial charge on any atom is 0.199 e. The van der Waals surface area contributed by atoms with Gasteiger partial charge in [-0.25, -0.2) is 9.67 Å². The fraction of sp³-hybridized carbons (Fsp3) is 0.786. The Morgan fingerprint density at radius 3 is 2.56 bits per heavy atom. The Balaban J connectivity index is 2.30. The SMILES string of the molecule is CCCCCCCCC(=O)c1ncnn1C(C)C. The number of nitrogens with zero attached hydrogens (tertiary/aromatic N) is 3. The summed E-state index contributed by atoms with van der Waals surface area (Å²) in [5, 5.41) is 4.09. The number of Topliss-reactive ketones (excluding diaryl/α,β-unsaturated/α-hetero) is 1. The molecule has 102 valence electrons. The Labute approximate surface area is 110 Å². The van der Waals surface area contributed by atoms with Gasteiger partial charge in [-0.1, -0.05) is 39.0 Å². The number of ketones is 1. The van der Waals surface area contributed by atoms with Crippen molar-refractivity contribution < 1.29 is 4.79 Å². The molecule has 0 aliphatic heterocycles. The van der Waals surface area contributed by atoms with Crippen LogP contribution in [0.4, 0.5) is 0 Å². The summed E-state index contributed by atoms with van der Waals surface area (Å²) in [6.45, 7) is 6.23. The monoisotopic (exact) mass is 251 g/mol. The fourth-order valence-electron chi connectivity index (χ4n) is 2.01. The summed E-state index contributed by atoms with van der Waals surface area (Å²) in [6.07, 6.45) is 9.25. The van der Waals surface area contributed by atoms with Gasteiger partial charge >= 0.3 is 0 Å². The van der Waals surface area contributed by atoms with Gasteiger partial charge in [0.2, 0.25) is 0 Å². The highest BCUT2D eigenvalue weighted by molar-refractivity contribution is 5.92. The number of unbranched alkanes of at least 4 members (excludes halogenated alkanes) is 5. The minimum atomic E-state index is 0.122. The minimum absolute atomic E-state index is 0.122. The molecular formula is C14H25N3O. The molecular weight excluding hydrogens is 226 g/mol. The molecule has 0 saturated heterocycles. The van der Waals surface area contributed by atoms with E-state index in [2.05, 4.69) is 17.0 Å². The Bertz CT molecular complexity index is 358. The summed E-state index contributed by atoms with van der Waals surface area (Å²) in [4.78, 5) is 16.1. The van der Waals surface area contributed by atoms with Crippen LogP contribution < -0.4 is 0 Å². The van der Waals surface area contributed by atoms with Gasteiger partial charge in [0.05, 0.1) is 0 Å². The molecule has 0 unspecified atom stereocenters. The molecule has 0 bridgehead atoms. The number of hydrogen-bond acceptors (Lipinski definition) is 3. The van der Waals surface area contributed by atoms with Crippen LogP contribution in [0.3, 0.4) is 0 Å². The summed E-state index contributed by atoms with van der Waals surface area (Å²) >= 11 is 0. The van der Waals surface area contributed by atoms with E-state index in [0.29, 0.717) is 12.2 Å². The Morgan fingerprint density at radius 2 is 1.89 bits per heavy atom. The van der Waals surface area contributed by atoms with Gasteiger partial charge in [-0.3, -0.25) is 4.79 Å². The maximum absolute atomic E-state index is 12.0. The largest absolute Gasteiger partial charge is 0.291 e. The van der Waals surface area contributed by atoms with Crippen molar-refractivity contribution in [2.75, 3.05) is 0 Å². The topological polar surface area (TPSA) is 47.8 Å². The molecule has 0 saturated carbocycles. The summed E-state index contributed by atoms with van der Waals surface area (Å²) in [5.74, 6) is 0.634. The number of carbonyl (C=O) groups is 1. The first-order chi connectivity index (χ1) is 8.66. The molecule has 0 radical (unpaired) electrons. The summed E-state index contributed by atoms with van der Waals surface area (Å²) in [6, 6.07) is 0.191. The minimum Gasteiger partial charge on any atom is -0.291 e. The molecule has 0 aromatic carbocycles. The molecule has 0 atom stereocenters. The van der Waals surface area contributed by atoms with Crippen LogP contribution in [0.15, 0.2) is 6.33 Å². The lowest BCUT2D eigenvalue weighted by molar-refractivity contribution is 0.0961. The third-order valence-corrected chi connectivity index (χ3v) is 3.07. The zero-order valence-corrected chi connectivity index (χ0v) is 11.9. The molecule has 0 spiro atoms. The van der Waals surface area contributed by atoms with E-state index in [9.17, 15) is 4.79 Å². The van der Waals surface area contributed by atoms with E-state index in [1.54, 1.807) is 4.68 Å². The van der Waals surface area contributed by atoms with E-state index < -0.39 is 0 Å². The van der Waals surface area contributed by atoms with Crippen molar-refractivity contribution >= 4 is 5.78 Å². The van der Waals surface area contributed by atoms with Crippen LogP contribution >= 0.6 is 0 Å². The Kier molecular flexibility index (Phi) is 6.61. The van der Waals surface area contributed by atoms with Crippen LogP contribution in [0.2, 0.25) is 0 Å². The molecule has 0 N–H and O–H groups in total. The summed E-state index contributed by atoms with van der Waals surface area (Å²) in [5.41, 5.74) is 0. The third kappa shape index (κ3) is 4.59. The average molecular weight is 251 g/mol. The van der Waals surface area contributed by atoms with Gasteiger partial charge in [0.1, 0.15) is 6.33 Å². The molecule has 0 fully saturated rings. The van der Waals surface area contributed by atoms with Gasteiger partial charge in [0.15, 0.2) is 11.6 Å². The lowest BCUT2D eigenvalue weighted by Crippen LogP contribution is -2.13. The van der Waals surface area contributed by atoms with Crippen molar-refractivity contribution in [3.63, 3.8) is 0 Å². The first kappa shape index (κ1) is 14.9. The maximum atomic E-state index is 12.0. The second-order valence-electron chi connectivity index (χ2n) is 5.06. The summed E-state index contributed by atoms with van der Waals surface area (Å²) < 4.78 is 1.71. The molecule has 4 heteroatoms. The van der Waals surface area contributed by atoms with Crippen molar-refractivity contribution in [3.8, 4) is 0 Å². The molecule has 0 amide bonds. The van der Waals surface area contributed by atoms with E-state index in [4.69, 9.17) is 0 Å². The van der Waals surface area contributed by atoms with Crippen LogP contribution in [0.5, 0.6) is 0 Å². The van der Waals surface area contributed by atoms with E-state index in [1.807, 2.05) is 13.8 Å². The predicted octanol–water partition coefficient (Wildman–Crippen LogP) is 3.79. The summed E-state index contributed by atoms with van der Waals surface area (Å²) in [7, 11) is 0. The van der Waals surface area contributed by atoms with E-state index in [0.717, 1.165) is 12.8 Å². The normalized spacial score (nSPS) is 11.1. The molecule has 1 aromatic rings. The molecule has 4 nitrogen and oxygen atoms in total. The van der Waals surface area contributed by atoms with Crippen molar-refractivity contribution in [1.29, 1.82) is 0 Å². The lowest BCUT2D eigenvalue weighted by atomic mass is 10.1. The van der Waals surface area contributed by atoms with E-state index in [-0.39, 0.29) is 11.8 Å². The molecule has 0 aliphatic carbocycles. The number of aromatic nitrogens is 3. The van der Waals surface area contributed by atoms with Crippen LogP contribution in [0, 0.1) is 0 Å². The first-order valence-electron chi connectivity index (χ1n) is 7.09. The number of hydrogen-bond donors (Lipinski definition) is 0. The number of carbonyl (C=O) groups excluding carboxylic acids is 1. The van der Waals surface area contributed by atoms with Crippen LogP contribution in [0.25, 0.3) is 0 Å². The predicted molar refractivity (Wildman–Crippen MR) is 72.7 cm³/mol. The Hall–Kier alpha value is -1.19. The van der Waals surface area contributed by atoms with Gasteiger partial charge in [-0.2, -0.15) is 5.10 Å². The molecule has 18 heavy (non-hydrogen) atoms. The van der Waals surface area contributed by atoms with Gasteiger partial charge in [-0.15, -0.1) is 0 Å². The molecule has 1 aromatic heterocycles. The fourth-order valence-corrected chi connectivity index (χ4v) is 2.01. The molecule has 1 rings (SSSR count). The average Bonchev–Trinajstić information content (AvgIpc) is 2.82. The second kappa shape index (κ2) is 8.01. The number of rotatable bonds is 9. The van der Waals surface area contributed by atoms with Crippen LogP contribution in [0.1, 0.15) is 82.4 Å². The first-order valence-corrected chi connectivity index (χ1v) is 7.09. The Morgan fingerprint density at radius 1 is 1.22 bits per heavy atom. The smallest absolute Gasteiger partial charge is 0.199 e. The van der Waals surface area contributed by atoms with Crippen molar-refractivity contribution in [1.82, 2.24) is 14.8 Å². The quantitative estimate of drug-likeness (QED) is 0.495. The lowest BCUT2D eigenvalue weighted by Gasteiger charge is -2.08. The van der Waals surface area contributed by atoms with Crippen molar-refractivity contribution in [2.45, 2.75) is 71.8 Å². The van der Waals surface area contributed by atoms with Gasteiger partial charge in [0.25, 0.3) is 0 Å². The van der Waals surface area contributed by atoms with E-state index >= 15 is 0 Å². The van der Waals surface area contributed by atoms with Gasteiger partial charge < -0.3 is 0 Å². The third-order valence-electron chi connectivity index (χ3n) is 3.07. The molecule has 0 aliphatic rings.